The SMILES string of the molecule is O=C(NCCCl)c1cccc2ccsc12. The Morgan fingerprint density at radius 3 is 3.07 bits per heavy atom. The maximum atomic E-state index is 11.8. The van der Waals surface area contributed by atoms with Crippen molar-refractivity contribution in [3.05, 3.63) is 35.2 Å². The fraction of sp³-hybridized carbons (Fsp3) is 0.182. The number of carbonyl (C=O) groups excluding carboxylic acids is 1. The average molecular weight is 240 g/mol. The highest BCUT2D eigenvalue weighted by Gasteiger charge is 2.09. The molecule has 0 saturated carbocycles. The lowest BCUT2D eigenvalue weighted by Crippen LogP contribution is -2.25. The van der Waals surface area contributed by atoms with Crippen LogP contribution < -0.4 is 5.32 Å². The quantitative estimate of drug-likeness (QED) is 0.820. The molecule has 4 heteroatoms. The van der Waals surface area contributed by atoms with Crippen LogP contribution in [0.2, 0.25) is 0 Å². The number of fused-ring (bicyclic) bond motifs is 1. The van der Waals surface area contributed by atoms with Gasteiger partial charge in [0.05, 0.1) is 5.56 Å². The standard InChI is InChI=1S/C11H10ClNOS/c12-5-6-13-11(14)9-3-1-2-8-4-7-15-10(8)9/h1-4,7H,5-6H2,(H,13,14). The molecule has 2 nitrogen and oxygen atoms in total. The molecule has 1 amide bonds. The van der Waals surface area contributed by atoms with Gasteiger partial charge in [0.2, 0.25) is 0 Å². The van der Waals surface area contributed by atoms with Crippen LogP contribution >= 0.6 is 22.9 Å². The summed E-state index contributed by atoms with van der Waals surface area (Å²) < 4.78 is 1.03. The van der Waals surface area contributed by atoms with Gasteiger partial charge in [-0.15, -0.1) is 22.9 Å². The second-order valence-electron chi connectivity index (χ2n) is 3.09. The van der Waals surface area contributed by atoms with Crippen LogP contribution in [0.25, 0.3) is 10.1 Å². The molecule has 0 radical (unpaired) electrons. The van der Waals surface area contributed by atoms with Gasteiger partial charge in [0.15, 0.2) is 0 Å². The smallest absolute Gasteiger partial charge is 0.252 e. The molecule has 0 saturated heterocycles. The zero-order chi connectivity index (χ0) is 10.7. The summed E-state index contributed by atoms with van der Waals surface area (Å²) >= 11 is 7.10. The summed E-state index contributed by atoms with van der Waals surface area (Å²) in [4.78, 5) is 11.8. The maximum Gasteiger partial charge on any atom is 0.252 e. The Balaban J connectivity index is 2.34. The number of rotatable bonds is 3. The van der Waals surface area contributed by atoms with Gasteiger partial charge in [-0.2, -0.15) is 0 Å². The lowest BCUT2D eigenvalue weighted by Gasteiger charge is -2.03. The molecule has 0 spiro atoms. The van der Waals surface area contributed by atoms with Crippen molar-refractivity contribution in [2.75, 3.05) is 12.4 Å². The van der Waals surface area contributed by atoms with E-state index in [0.717, 1.165) is 15.6 Å². The van der Waals surface area contributed by atoms with Crippen molar-refractivity contribution in [1.82, 2.24) is 5.32 Å². The lowest BCUT2D eigenvalue weighted by molar-refractivity contribution is 0.0958. The largest absolute Gasteiger partial charge is 0.351 e. The van der Waals surface area contributed by atoms with Gasteiger partial charge in [-0.1, -0.05) is 12.1 Å². The van der Waals surface area contributed by atoms with E-state index in [2.05, 4.69) is 5.32 Å². The minimum Gasteiger partial charge on any atom is -0.351 e. The van der Waals surface area contributed by atoms with Gasteiger partial charge in [-0.25, -0.2) is 0 Å². The lowest BCUT2D eigenvalue weighted by atomic mass is 10.1. The second-order valence-corrected chi connectivity index (χ2v) is 4.38. The minimum atomic E-state index is -0.0521. The number of hydrogen-bond acceptors (Lipinski definition) is 2. The van der Waals surface area contributed by atoms with Gasteiger partial charge in [0, 0.05) is 17.1 Å². The third-order valence-electron chi connectivity index (χ3n) is 2.10. The number of halogens is 1. The number of alkyl halides is 1. The van der Waals surface area contributed by atoms with E-state index in [1.807, 2.05) is 29.6 Å². The molecule has 1 aromatic carbocycles. The van der Waals surface area contributed by atoms with E-state index < -0.39 is 0 Å². The number of thiophene rings is 1. The molecule has 1 N–H and O–H groups in total. The number of carbonyl (C=O) groups is 1. The Morgan fingerprint density at radius 1 is 1.40 bits per heavy atom. The van der Waals surface area contributed by atoms with Crippen LogP contribution in [0.3, 0.4) is 0 Å². The molecule has 0 aliphatic heterocycles. The van der Waals surface area contributed by atoms with Gasteiger partial charge < -0.3 is 5.32 Å². The predicted molar refractivity (Wildman–Crippen MR) is 64.9 cm³/mol. The van der Waals surface area contributed by atoms with Crippen molar-refractivity contribution < 1.29 is 4.79 Å². The summed E-state index contributed by atoms with van der Waals surface area (Å²) in [5.41, 5.74) is 0.729. The first-order chi connectivity index (χ1) is 7.33. The molecule has 0 atom stereocenters. The van der Waals surface area contributed by atoms with Crippen molar-refractivity contribution in [3.63, 3.8) is 0 Å². The highest BCUT2D eigenvalue weighted by molar-refractivity contribution is 7.17. The normalized spacial score (nSPS) is 10.5. The van der Waals surface area contributed by atoms with Gasteiger partial charge in [-0.05, 0) is 22.9 Å². The first kappa shape index (κ1) is 10.5. The molecule has 1 aromatic heterocycles. The Bertz CT molecular complexity index is 480. The van der Waals surface area contributed by atoms with E-state index in [1.165, 1.54) is 0 Å². The minimum absolute atomic E-state index is 0.0521. The van der Waals surface area contributed by atoms with E-state index in [-0.39, 0.29) is 5.91 Å². The summed E-state index contributed by atoms with van der Waals surface area (Å²) in [6.45, 7) is 0.502. The Morgan fingerprint density at radius 2 is 2.27 bits per heavy atom. The van der Waals surface area contributed by atoms with Crippen molar-refractivity contribution in [2.45, 2.75) is 0 Å². The predicted octanol–water partition coefficient (Wildman–Crippen LogP) is 2.87. The second kappa shape index (κ2) is 4.64. The fourth-order valence-corrected chi connectivity index (χ4v) is 2.43. The third-order valence-corrected chi connectivity index (χ3v) is 3.26. The van der Waals surface area contributed by atoms with E-state index in [0.29, 0.717) is 12.4 Å². The number of amides is 1. The van der Waals surface area contributed by atoms with E-state index >= 15 is 0 Å². The van der Waals surface area contributed by atoms with Crippen LogP contribution in [0.5, 0.6) is 0 Å². The molecule has 0 aliphatic carbocycles. The number of nitrogens with one attached hydrogen (secondary N) is 1. The molecule has 0 aliphatic rings. The molecular weight excluding hydrogens is 230 g/mol. The maximum absolute atomic E-state index is 11.8. The van der Waals surface area contributed by atoms with Gasteiger partial charge in [-0.3, -0.25) is 4.79 Å². The highest BCUT2D eigenvalue weighted by Crippen LogP contribution is 2.24. The fourth-order valence-electron chi connectivity index (χ4n) is 1.43. The Labute approximate surface area is 96.9 Å². The summed E-state index contributed by atoms with van der Waals surface area (Å²) in [5.74, 6) is 0.385. The molecular formula is C11H10ClNOS. The van der Waals surface area contributed by atoms with Gasteiger partial charge in [0.25, 0.3) is 5.91 Å². The molecule has 78 valence electrons. The zero-order valence-electron chi connectivity index (χ0n) is 8.00. The van der Waals surface area contributed by atoms with Crippen LogP contribution in [0.4, 0.5) is 0 Å². The third kappa shape index (κ3) is 2.13. The van der Waals surface area contributed by atoms with Gasteiger partial charge in [0.1, 0.15) is 0 Å². The summed E-state index contributed by atoms with van der Waals surface area (Å²) in [7, 11) is 0. The number of hydrogen-bond donors (Lipinski definition) is 1. The van der Waals surface area contributed by atoms with Crippen molar-refractivity contribution in [2.24, 2.45) is 0 Å². The topological polar surface area (TPSA) is 29.1 Å². The van der Waals surface area contributed by atoms with Gasteiger partial charge >= 0.3 is 0 Å². The molecule has 2 rings (SSSR count). The summed E-state index contributed by atoms with van der Waals surface area (Å²) in [6, 6.07) is 7.75. The molecule has 0 unspecified atom stereocenters. The highest BCUT2D eigenvalue weighted by atomic mass is 35.5. The summed E-state index contributed by atoms with van der Waals surface area (Å²) in [5, 5.41) is 5.87. The van der Waals surface area contributed by atoms with E-state index in [9.17, 15) is 4.79 Å². The zero-order valence-corrected chi connectivity index (χ0v) is 9.57. The van der Waals surface area contributed by atoms with E-state index in [1.54, 1.807) is 11.3 Å². The average Bonchev–Trinajstić information content (AvgIpc) is 2.73. The Kier molecular flexibility index (Phi) is 3.23. The van der Waals surface area contributed by atoms with Crippen LogP contribution in [-0.4, -0.2) is 18.3 Å². The molecule has 0 bridgehead atoms. The molecule has 15 heavy (non-hydrogen) atoms. The molecule has 2 aromatic rings. The van der Waals surface area contributed by atoms with E-state index in [4.69, 9.17) is 11.6 Å². The van der Waals surface area contributed by atoms with Crippen LogP contribution in [0, 0.1) is 0 Å². The molecule has 0 fully saturated rings. The molecule has 1 heterocycles. The monoisotopic (exact) mass is 239 g/mol. The number of benzene rings is 1. The van der Waals surface area contributed by atoms with Crippen LogP contribution in [0.15, 0.2) is 29.6 Å². The van der Waals surface area contributed by atoms with Crippen molar-refractivity contribution >= 4 is 38.9 Å². The van der Waals surface area contributed by atoms with Crippen molar-refractivity contribution in [3.8, 4) is 0 Å². The van der Waals surface area contributed by atoms with Crippen LogP contribution in [-0.2, 0) is 0 Å². The Hall–Kier alpha value is -1.06. The first-order valence-electron chi connectivity index (χ1n) is 4.63. The summed E-state index contributed by atoms with van der Waals surface area (Å²) in [6.07, 6.45) is 0. The van der Waals surface area contributed by atoms with Crippen LogP contribution in [0.1, 0.15) is 10.4 Å². The first-order valence-corrected chi connectivity index (χ1v) is 6.04. The van der Waals surface area contributed by atoms with Crippen molar-refractivity contribution in [1.29, 1.82) is 0 Å².